The molecule has 0 saturated heterocycles. The fourth-order valence-corrected chi connectivity index (χ4v) is 1.64. The lowest BCUT2D eigenvalue weighted by Crippen LogP contribution is -2.46. The molecule has 0 atom stereocenters. The molecule has 3 N–H and O–H groups in total. The first-order chi connectivity index (χ1) is 8.35. The maximum Gasteiger partial charge on any atom is 0.239 e. The highest BCUT2D eigenvalue weighted by atomic mass is 16.2. The van der Waals surface area contributed by atoms with Gasteiger partial charge in [0.1, 0.15) is 0 Å². The van der Waals surface area contributed by atoms with Gasteiger partial charge in [-0.25, -0.2) is 0 Å². The predicted octanol–water partition coefficient (Wildman–Crippen LogP) is 2.01. The van der Waals surface area contributed by atoms with Crippen LogP contribution in [-0.2, 0) is 4.79 Å². The number of rotatable bonds is 5. The molecule has 0 aliphatic carbocycles. The molecule has 18 heavy (non-hydrogen) atoms. The Balaban J connectivity index is 2.63. The van der Waals surface area contributed by atoms with Gasteiger partial charge in [0.2, 0.25) is 5.91 Å². The number of hydrogen-bond acceptors (Lipinski definition) is 3. The Kier molecular flexibility index (Phi) is 4.59. The molecule has 0 aliphatic heterocycles. The number of likely N-dealkylation sites (N-methyl/N-ethyl adjacent to an activating group) is 1. The number of nitrogen functional groups attached to an aromatic ring is 1. The summed E-state index contributed by atoms with van der Waals surface area (Å²) in [6, 6.07) is 7.54. The number of benzene rings is 1. The fraction of sp³-hybridized carbons (Fsp3) is 0.500. The topological polar surface area (TPSA) is 58.4 Å². The average molecular weight is 249 g/mol. The Morgan fingerprint density at radius 2 is 2.00 bits per heavy atom. The monoisotopic (exact) mass is 249 g/mol. The zero-order chi connectivity index (χ0) is 13.8. The van der Waals surface area contributed by atoms with Crippen molar-refractivity contribution in [2.75, 3.05) is 24.2 Å². The second kappa shape index (κ2) is 5.76. The highest BCUT2D eigenvalue weighted by Gasteiger charge is 2.19. The minimum Gasteiger partial charge on any atom is -0.397 e. The third-order valence-electron chi connectivity index (χ3n) is 3.09. The summed E-state index contributed by atoms with van der Waals surface area (Å²) in [5.74, 6) is 0.00704. The molecule has 4 nitrogen and oxygen atoms in total. The predicted molar refractivity (Wildman–Crippen MR) is 76.6 cm³/mol. The van der Waals surface area contributed by atoms with Gasteiger partial charge in [-0.3, -0.25) is 4.79 Å². The van der Waals surface area contributed by atoms with Crippen LogP contribution in [0.1, 0.15) is 27.2 Å². The van der Waals surface area contributed by atoms with E-state index in [4.69, 9.17) is 5.73 Å². The molecule has 1 amide bonds. The Bertz CT molecular complexity index is 415. The highest BCUT2D eigenvalue weighted by Crippen LogP contribution is 2.20. The van der Waals surface area contributed by atoms with Crippen molar-refractivity contribution in [1.29, 1.82) is 0 Å². The lowest BCUT2D eigenvalue weighted by atomic mass is 10.0. The van der Waals surface area contributed by atoms with Crippen molar-refractivity contribution in [1.82, 2.24) is 5.32 Å². The van der Waals surface area contributed by atoms with Crippen molar-refractivity contribution in [3.05, 3.63) is 24.3 Å². The van der Waals surface area contributed by atoms with Crippen LogP contribution in [0.25, 0.3) is 0 Å². The number of carbonyl (C=O) groups excluding carboxylic acids is 1. The molecule has 0 saturated carbocycles. The summed E-state index contributed by atoms with van der Waals surface area (Å²) in [4.78, 5) is 13.8. The van der Waals surface area contributed by atoms with E-state index in [-0.39, 0.29) is 11.4 Å². The number of nitrogens with zero attached hydrogens (tertiary/aromatic N) is 1. The first kappa shape index (κ1) is 14.4. The second-order valence-electron chi connectivity index (χ2n) is 5.20. The second-order valence-corrected chi connectivity index (χ2v) is 5.20. The lowest BCUT2D eigenvalue weighted by Gasteiger charge is -2.27. The maximum absolute atomic E-state index is 11.9. The number of nitrogens with one attached hydrogen (secondary N) is 1. The van der Waals surface area contributed by atoms with Crippen molar-refractivity contribution in [2.45, 2.75) is 32.7 Å². The number of anilines is 2. The van der Waals surface area contributed by atoms with Gasteiger partial charge in [-0.15, -0.1) is 0 Å². The minimum atomic E-state index is -0.167. The zero-order valence-electron chi connectivity index (χ0n) is 11.7. The molecule has 0 heterocycles. The number of amides is 1. The summed E-state index contributed by atoms with van der Waals surface area (Å²) in [5.41, 5.74) is 7.27. The molecular weight excluding hydrogens is 226 g/mol. The zero-order valence-corrected chi connectivity index (χ0v) is 11.7. The standard InChI is InChI=1S/C14H23N3O/c1-5-14(2,3)16-13(18)10-17(4)12-9-7-6-8-11(12)15/h6-9H,5,10,15H2,1-4H3,(H,16,18). The number of carbonyl (C=O) groups is 1. The van der Waals surface area contributed by atoms with Gasteiger partial charge in [0.25, 0.3) is 0 Å². The van der Waals surface area contributed by atoms with Gasteiger partial charge >= 0.3 is 0 Å². The van der Waals surface area contributed by atoms with Crippen LogP contribution in [-0.4, -0.2) is 25.0 Å². The molecule has 4 heteroatoms. The molecule has 100 valence electrons. The first-order valence-electron chi connectivity index (χ1n) is 6.22. The van der Waals surface area contributed by atoms with E-state index in [1.54, 1.807) is 0 Å². The van der Waals surface area contributed by atoms with Crippen molar-refractivity contribution in [3.63, 3.8) is 0 Å². The summed E-state index contributed by atoms with van der Waals surface area (Å²) in [7, 11) is 1.87. The summed E-state index contributed by atoms with van der Waals surface area (Å²) >= 11 is 0. The Hall–Kier alpha value is -1.71. The van der Waals surface area contributed by atoms with Crippen molar-refractivity contribution in [2.24, 2.45) is 0 Å². The molecule has 0 aliphatic rings. The van der Waals surface area contributed by atoms with Gasteiger partial charge in [0.05, 0.1) is 17.9 Å². The molecule has 1 aromatic rings. The van der Waals surface area contributed by atoms with Gasteiger partial charge < -0.3 is 16.0 Å². The quantitative estimate of drug-likeness (QED) is 0.785. The fourth-order valence-electron chi connectivity index (χ4n) is 1.64. The van der Waals surface area contributed by atoms with Crippen molar-refractivity contribution >= 4 is 17.3 Å². The van der Waals surface area contributed by atoms with Gasteiger partial charge in [-0.2, -0.15) is 0 Å². The maximum atomic E-state index is 11.9. The minimum absolute atomic E-state index is 0.00704. The summed E-state index contributed by atoms with van der Waals surface area (Å²) in [6.07, 6.45) is 0.899. The smallest absolute Gasteiger partial charge is 0.239 e. The molecule has 1 aromatic carbocycles. The molecule has 0 radical (unpaired) electrons. The van der Waals surface area contributed by atoms with E-state index in [1.807, 2.05) is 50.1 Å². The average Bonchev–Trinajstić information content (AvgIpc) is 2.28. The van der Waals surface area contributed by atoms with Crippen LogP contribution < -0.4 is 16.0 Å². The van der Waals surface area contributed by atoms with Crippen LogP contribution >= 0.6 is 0 Å². The van der Waals surface area contributed by atoms with E-state index in [9.17, 15) is 4.79 Å². The normalized spacial score (nSPS) is 11.1. The highest BCUT2D eigenvalue weighted by molar-refractivity contribution is 5.83. The largest absolute Gasteiger partial charge is 0.397 e. The SMILES string of the molecule is CCC(C)(C)NC(=O)CN(C)c1ccccc1N. The number of para-hydroxylation sites is 2. The van der Waals surface area contributed by atoms with Crippen molar-refractivity contribution < 1.29 is 4.79 Å². The van der Waals surface area contributed by atoms with E-state index in [0.29, 0.717) is 12.2 Å². The van der Waals surface area contributed by atoms with E-state index in [0.717, 1.165) is 12.1 Å². The summed E-state index contributed by atoms with van der Waals surface area (Å²) in [5, 5.41) is 3.00. The van der Waals surface area contributed by atoms with E-state index in [2.05, 4.69) is 12.2 Å². The Morgan fingerprint density at radius 1 is 1.39 bits per heavy atom. The third-order valence-corrected chi connectivity index (χ3v) is 3.09. The lowest BCUT2D eigenvalue weighted by molar-refractivity contribution is -0.121. The van der Waals surface area contributed by atoms with Crippen molar-refractivity contribution in [3.8, 4) is 0 Å². The van der Waals surface area contributed by atoms with Crippen LogP contribution in [0, 0.1) is 0 Å². The van der Waals surface area contributed by atoms with Crippen LogP contribution in [0.5, 0.6) is 0 Å². The van der Waals surface area contributed by atoms with Gasteiger partial charge in [-0.05, 0) is 32.4 Å². The molecule has 0 unspecified atom stereocenters. The first-order valence-corrected chi connectivity index (χ1v) is 6.22. The van der Waals surface area contributed by atoms with Crippen LogP contribution in [0.2, 0.25) is 0 Å². The third kappa shape index (κ3) is 3.95. The van der Waals surface area contributed by atoms with E-state index < -0.39 is 0 Å². The van der Waals surface area contributed by atoms with E-state index in [1.165, 1.54) is 0 Å². The van der Waals surface area contributed by atoms with Gasteiger partial charge in [0.15, 0.2) is 0 Å². The van der Waals surface area contributed by atoms with Crippen LogP contribution in [0.15, 0.2) is 24.3 Å². The number of hydrogen-bond donors (Lipinski definition) is 2. The van der Waals surface area contributed by atoms with Gasteiger partial charge in [0, 0.05) is 12.6 Å². The summed E-state index contributed by atoms with van der Waals surface area (Å²) in [6.45, 7) is 6.39. The van der Waals surface area contributed by atoms with Crippen LogP contribution in [0.3, 0.4) is 0 Å². The molecule has 1 rings (SSSR count). The molecule has 0 spiro atoms. The van der Waals surface area contributed by atoms with Crippen LogP contribution in [0.4, 0.5) is 11.4 Å². The molecular formula is C14H23N3O. The van der Waals surface area contributed by atoms with E-state index >= 15 is 0 Å². The number of nitrogens with two attached hydrogens (primary N) is 1. The molecule has 0 aromatic heterocycles. The molecule has 0 bridgehead atoms. The summed E-state index contributed by atoms with van der Waals surface area (Å²) < 4.78 is 0. The molecule has 0 fully saturated rings. The Morgan fingerprint density at radius 3 is 2.56 bits per heavy atom. The Labute approximate surface area is 109 Å². The van der Waals surface area contributed by atoms with Gasteiger partial charge in [-0.1, -0.05) is 19.1 Å².